The van der Waals surface area contributed by atoms with Crippen LogP contribution in [0.1, 0.15) is 36.9 Å². The van der Waals surface area contributed by atoms with Gasteiger partial charge < -0.3 is 14.9 Å². The molecule has 0 aliphatic rings. The number of furan rings is 1. The number of halogens is 1. The second kappa shape index (κ2) is 11.1. The van der Waals surface area contributed by atoms with Crippen LogP contribution in [-0.4, -0.2) is 12.6 Å². The first-order valence-corrected chi connectivity index (χ1v) is 8.96. The molecule has 5 heteroatoms. The molecule has 27 heavy (non-hydrogen) atoms. The second-order valence-electron chi connectivity index (χ2n) is 5.68. The van der Waals surface area contributed by atoms with Crippen molar-refractivity contribution >= 4 is 17.6 Å². The van der Waals surface area contributed by atoms with Crippen molar-refractivity contribution < 1.29 is 13.9 Å². The summed E-state index contributed by atoms with van der Waals surface area (Å²) in [5, 5.41) is 0.660. The van der Waals surface area contributed by atoms with Crippen LogP contribution in [0, 0.1) is 6.92 Å². The van der Waals surface area contributed by atoms with E-state index in [9.17, 15) is 4.79 Å². The SMILES string of the molecule is C=C/C=C(C)\C(N)=C/C.CCOC(=O)c1oc(-c2ccc(Cl)cc2)cc1C. The van der Waals surface area contributed by atoms with Gasteiger partial charge in [-0.2, -0.15) is 0 Å². The Kier molecular flexibility index (Phi) is 9.17. The average Bonchev–Trinajstić information content (AvgIpc) is 3.04. The third-order valence-electron chi connectivity index (χ3n) is 3.64. The Morgan fingerprint density at radius 2 is 1.96 bits per heavy atom. The van der Waals surface area contributed by atoms with Gasteiger partial charge in [0.05, 0.1) is 6.61 Å². The van der Waals surface area contributed by atoms with Crippen LogP contribution in [0.4, 0.5) is 0 Å². The number of nitrogens with two attached hydrogens (primary N) is 1. The number of allylic oxidation sites excluding steroid dienone is 4. The fourth-order valence-electron chi connectivity index (χ4n) is 2.14. The highest BCUT2D eigenvalue weighted by molar-refractivity contribution is 6.30. The first kappa shape index (κ1) is 22.3. The van der Waals surface area contributed by atoms with E-state index in [1.54, 1.807) is 25.1 Å². The zero-order chi connectivity index (χ0) is 20.4. The summed E-state index contributed by atoms with van der Waals surface area (Å²) in [5.41, 5.74) is 9.06. The minimum atomic E-state index is -0.435. The van der Waals surface area contributed by atoms with Crippen molar-refractivity contribution in [2.24, 2.45) is 5.73 Å². The van der Waals surface area contributed by atoms with Crippen molar-refractivity contribution in [1.82, 2.24) is 0 Å². The fraction of sp³-hybridized carbons (Fsp3) is 0.227. The number of benzene rings is 1. The molecule has 2 aromatic rings. The van der Waals surface area contributed by atoms with Crippen LogP contribution in [0.2, 0.25) is 5.02 Å². The van der Waals surface area contributed by atoms with Gasteiger partial charge in [0.15, 0.2) is 0 Å². The van der Waals surface area contributed by atoms with Gasteiger partial charge in [0, 0.05) is 21.8 Å². The van der Waals surface area contributed by atoms with Crippen molar-refractivity contribution in [3.8, 4) is 11.3 Å². The highest BCUT2D eigenvalue weighted by Gasteiger charge is 2.17. The second-order valence-corrected chi connectivity index (χ2v) is 6.12. The van der Waals surface area contributed by atoms with E-state index >= 15 is 0 Å². The van der Waals surface area contributed by atoms with Crippen molar-refractivity contribution in [2.75, 3.05) is 6.61 Å². The molecule has 0 saturated carbocycles. The van der Waals surface area contributed by atoms with Gasteiger partial charge in [-0.1, -0.05) is 36.4 Å². The van der Waals surface area contributed by atoms with Gasteiger partial charge in [-0.05, 0) is 63.6 Å². The summed E-state index contributed by atoms with van der Waals surface area (Å²) in [6.07, 6.45) is 5.48. The Morgan fingerprint density at radius 3 is 2.48 bits per heavy atom. The maximum Gasteiger partial charge on any atom is 0.374 e. The highest BCUT2D eigenvalue weighted by Crippen LogP contribution is 2.26. The molecule has 0 saturated heterocycles. The molecule has 0 atom stereocenters. The molecule has 0 aliphatic heterocycles. The van der Waals surface area contributed by atoms with Crippen LogP contribution >= 0.6 is 11.6 Å². The molecule has 0 unspecified atom stereocenters. The molecule has 2 rings (SSSR count). The standard InChI is InChI=1S/C14H13ClO3.C8H13N/c1-3-17-14(16)13-9(2)8-12(18-13)10-4-6-11(15)7-5-10;1-4-6-7(3)8(9)5-2/h4-8H,3H2,1-2H3;4-6H,1,9H2,2-3H3/b;7-6-,8-5+. The van der Waals surface area contributed by atoms with Crippen LogP contribution in [0.15, 0.2) is 70.8 Å². The molecule has 0 fully saturated rings. The third-order valence-corrected chi connectivity index (χ3v) is 3.89. The summed E-state index contributed by atoms with van der Waals surface area (Å²) in [4.78, 5) is 11.6. The van der Waals surface area contributed by atoms with E-state index in [0.717, 1.165) is 22.4 Å². The molecule has 0 aliphatic carbocycles. The van der Waals surface area contributed by atoms with Gasteiger partial charge in [0.2, 0.25) is 5.76 Å². The van der Waals surface area contributed by atoms with Crippen molar-refractivity contribution in [2.45, 2.75) is 27.7 Å². The van der Waals surface area contributed by atoms with Gasteiger partial charge in [-0.15, -0.1) is 0 Å². The molecule has 4 nitrogen and oxygen atoms in total. The Bertz CT molecular complexity index is 830. The largest absolute Gasteiger partial charge is 0.460 e. The van der Waals surface area contributed by atoms with E-state index in [-0.39, 0.29) is 5.76 Å². The Labute approximate surface area is 166 Å². The van der Waals surface area contributed by atoms with E-state index in [0.29, 0.717) is 17.4 Å². The zero-order valence-corrected chi connectivity index (χ0v) is 17.0. The first-order chi connectivity index (χ1) is 12.8. The fourth-order valence-corrected chi connectivity index (χ4v) is 2.26. The van der Waals surface area contributed by atoms with E-state index in [2.05, 4.69) is 6.58 Å². The monoisotopic (exact) mass is 387 g/mol. The Hall–Kier alpha value is -2.72. The van der Waals surface area contributed by atoms with E-state index < -0.39 is 5.97 Å². The molecule has 2 N–H and O–H groups in total. The van der Waals surface area contributed by atoms with Crippen LogP contribution in [-0.2, 0) is 4.74 Å². The summed E-state index contributed by atoms with van der Waals surface area (Å²) in [6.45, 7) is 11.3. The molecule has 0 radical (unpaired) electrons. The van der Waals surface area contributed by atoms with Gasteiger partial charge in [-0.25, -0.2) is 4.79 Å². The lowest BCUT2D eigenvalue weighted by Crippen LogP contribution is -2.04. The van der Waals surface area contributed by atoms with E-state index in [1.807, 2.05) is 51.1 Å². The smallest absolute Gasteiger partial charge is 0.374 e. The molecule has 1 heterocycles. The minimum Gasteiger partial charge on any atom is -0.460 e. The zero-order valence-electron chi connectivity index (χ0n) is 16.2. The van der Waals surface area contributed by atoms with Gasteiger partial charge in [0.1, 0.15) is 5.76 Å². The highest BCUT2D eigenvalue weighted by atomic mass is 35.5. The van der Waals surface area contributed by atoms with Gasteiger partial charge in [-0.3, -0.25) is 0 Å². The quantitative estimate of drug-likeness (QED) is 0.499. The molecule has 0 amide bonds. The van der Waals surface area contributed by atoms with Crippen molar-refractivity contribution in [1.29, 1.82) is 0 Å². The summed E-state index contributed by atoms with van der Waals surface area (Å²) >= 11 is 5.82. The number of esters is 1. The number of carbonyl (C=O) groups is 1. The maximum absolute atomic E-state index is 11.6. The summed E-state index contributed by atoms with van der Waals surface area (Å²) < 4.78 is 10.5. The molecule has 0 bridgehead atoms. The minimum absolute atomic E-state index is 0.252. The van der Waals surface area contributed by atoms with Crippen LogP contribution in [0.3, 0.4) is 0 Å². The molecule has 0 spiro atoms. The van der Waals surface area contributed by atoms with Crippen LogP contribution in [0.5, 0.6) is 0 Å². The van der Waals surface area contributed by atoms with E-state index in [1.165, 1.54) is 0 Å². The Balaban J connectivity index is 0.000000345. The van der Waals surface area contributed by atoms with Crippen LogP contribution < -0.4 is 5.73 Å². The number of carbonyl (C=O) groups excluding carboxylic acids is 1. The number of ether oxygens (including phenoxy) is 1. The lowest BCUT2D eigenvalue weighted by molar-refractivity contribution is 0.0490. The Morgan fingerprint density at radius 1 is 1.33 bits per heavy atom. The maximum atomic E-state index is 11.6. The number of hydrogen-bond donors (Lipinski definition) is 1. The first-order valence-electron chi connectivity index (χ1n) is 8.58. The summed E-state index contributed by atoms with van der Waals surface area (Å²) in [6, 6.07) is 9.05. The third kappa shape index (κ3) is 6.83. The van der Waals surface area contributed by atoms with Gasteiger partial charge >= 0.3 is 5.97 Å². The molecule has 1 aromatic heterocycles. The number of aryl methyl sites for hydroxylation is 1. The lowest BCUT2D eigenvalue weighted by Gasteiger charge is -1.99. The predicted octanol–water partition coefficient (Wildman–Crippen LogP) is 6.07. The normalized spacial score (nSPS) is 11.4. The summed E-state index contributed by atoms with van der Waals surface area (Å²) in [7, 11) is 0. The summed E-state index contributed by atoms with van der Waals surface area (Å²) in [5.74, 6) is 0.448. The average molecular weight is 388 g/mol. The van der Waals surface area contributed by atoms with Crippen molar-refractivity contribution in [3.05, 3.63) is 82.8 Å². The lowest BCUT2D eigenvalue weighted by atomic mass is 10.1. The van der Waals surface area contributed by atoms with Crippen LogP contribution in [0.25, 0.3) is 11.3 Å². The van der Waals surface area contributed by atoms with E-state index in [4.69, 9.17) is 26.5 Å². The molecular formula is C22H26ClNO3. The van der Waals surface area contributed by atoms with Crippen molar-refractivity contribution in [3.63, 3.8) is 0 Å². The predicted molar refractivity (Wildman–Crippen MR) is 112 cm³/mol. The molecule has 1 aromatic carbocycles. The number of rotatable bonds is 5. The molecular weight excluding hydrogens is 362 g/mol. The topological polar surface area (TPSA) is 65.5 Å². The molecule has 144 valence electrons. The number of hydrogen-bond acceptors (Lipinski definition) is 4. The van der Waals surface area contributed by atoms with Gasteiger partial charge in [0.25, 0.3) is 0 Å².